The first-order valence-corrected chi connectivity index (χ1v) is 9.51. The molecule has 0 N–H and O–H groups in total. The molecule has 0 aromatic heterocycles. The van der Waals surface area contributed by atoms with Crippen LogP contribution in [-0.4, -0.2) is 20.8 Å². The van der Waals surface area contributed by atoms with Crippen LogP contribution in [0.3, 0.4) is 0 Å². The minimum atomic E-state index is -3.33. The smallest absolute Gasteiger partial charge is 0.232 e. The maximum absolute atomic E-state index is 10.7. The van der Waals surface area contributed by atoms with Gasteiger partial charge in [-0.1, -0.05) is 38.8 Å². The van der Waals surface area contributed by atoms with E-state index in [0.29, 0.717) is 18.9 Å². The molecule has 0 amide bonds. The van der Waals surface area contributed by atoms with Crippen LogP contribution >= 0.6 is 10.7 Å². The summed E-state index contributed by atoms with van der Waals surface area (Å²) >= 11 is 0. The lowest BCUT2D eigenvalue weighted by Gasteiger charge is -2.08. The molecule has 1 rings (SSSR count). The predicted octanol–water partition coefficient (Wildman–Crippen LogP) is 4.32. The lowest BCUT2D eigenvalue weighted by molar-refractivity contribution is 0.305. The van der Waals surface area contributed by atoms with Crippen molar-refractivity contribution in [3.63, 3.8) is 0 Å². The summed E-state index contributed by atoms with van der Waals surface area (Å²) in [5.74, 6) is 1.48. The molecule has 0 aliphatic carbocycles. The standard InChI is InChI=1S/C15H23ClO3S/c1-13(2)14-7-9-15(10-8-14)19-11-5-3-4-6-12-20(16,17)18/h7-10,13H,3-6,11-12H2,1-2H3. The molecule has 0 spiro atoms. The number of unbranched alkanes of at least 4 members (excludes halogenated alkanes) is 3. The summed E-state index contributed by atoms with van der Waals surface area (Å²) in [7, 11) is 1.81. The fraction of sp³-hybridized carbons (Fsp3) is 0.600. The first-order valence-electron chi connectivity index (χ1n) is 7.03. The van der Waals surface area contributed by atoms with Crippen LogP contribution in [0.1, 0.15) is 51.0 Å². The molecule has 0 radical (unpaired) electrons. The SMILES string of the molecule is CC(C)c1ccc(OCCCCCCS(=O)(=O)Cl)cc1. The van der Waals surface area contributed by atoms with E-state index in [1.165, 1.54) is 5.56 Å². The van der Waals surface area contributed by atoms with Gasteiger partial charge in [0.1, 0.15) is 5.75 Å². The minimum absolute atomic E-state index is 0.0616. The van der Waals surface area contributed by atoms with Crippen molar-refractivity contribution < 1.29 is 13.2 Å². The van der Waals surface area contributed by atoms with Gasteiger partial charge in [-0.15, -0.1) is 0 Å². The van der Waals surface area contributed by atoms with E-state index < -0.39 is 9.05 Å². The highest BCUT2D eigenvalue weighted by Gasteiger charge is 2.04. The van der Waals surface area contributed by atoms with Crippen molar-refractivity contribution in [2.45, 2.75) is 45.4 Å². The second kappa shape index (κ2) is 8.53. The van der Waals surface area contributed by atoms with Crippen LogP contribution < -0.4 is 4.74 Å². The maximum atomic E-state index is 10.7. The van der Waals surface area contributed by atoms with Crippen molar-refractivity contribution in [3.05, 3.63) is 29.8 Å². The molecule has 0 aliphatic heterocycles. The first kappa shape index (κ1) is 17.3. The number of ether oxygens (including phenoxy) is 1. The molecule has 0 heterocycles. The van der Waals surface area contributed by atoms with Crippen molar-refractivity contribution in [1.29, 1.82) is 0 Å². The van der Waals surface area contributed by atoms with Crippen molar-refractivity contribution in [2.24, 2.45) is 0 Å². The molecular weight excluding hydrogens is 296 g/mol. The van der Waals surface area contributed by atoms with Gasteiger partial charge in [0.05, 0.1) is 12.4 Å². The van der Waals surface area contributed by atoms with Crippen molar-refractivity contribution >= 4 is 19.7 Å². The Labute approximate surface area is 126 Å². The predicted molar refractivity (Wildman–Crippen MR) is 84.1 cm³/mol. The molecule has 0 atom stereocenters. The summed E-state index contributed by atoms with van der Waals surface area (Å²) in [5, 5.41) is 0. The lowest BCUT2D eigenvalue weighted by atomic mass is 10.0. The Morgan fingerprint density at radius 3 is 2.20 bits per heavy atom. The van der Waals surface area contributed by atoms with Crippen LogP contribution in [-0.2, 0) is 9.05 Å². The Bertz CT molecular complexity index is 480. The average molecular weight is 319 g/mol. The summed E-state index contributed by atoms with van der Waals surface area (Å²) in [4.78, 5) is 0. The van der Waals surface area contributed by atoms with Crippen LogP contribution in [0.2, 0.25) is 0 Å². The van der Waals surface area contributed by atoms with E-state index >= 15 is 0 Å². The minimum Gasteiger partial charge on any atom is -0.494 e. The van der Waals surface area contributed by atoms with Gasteiger partial charge in [-0.05, 0) is 36.5 Å². The summed E-state index contributed by atoms with van der Waals surface area (Å²) in [5.41, 5.74) is 1.31. The largest absolute Gasteiger partial charge is 0.494 e. The molecule has 0 unspecified atom stereocenters. The highest BCUT2D eigenvalue weighted by molar-refractivity contribution is 8.13. The molecule has 0 aliphatic rings. The molecule has 0 saturated carbocycles. The number of benzene rings is 1. The Balaban J connectivity index is 2.12. The molecule has 114 valence electrons. The molecule has 0 saturated heterocycles. The topological polar surface area (TPSA) is 43.4 Å². The van der Waals surface area contributed by atoms with Gasteiger partial charge in [-0.25, -0.2) is 8.42 Å². The molecular formula is C15H23ClO3S. The summed E-state index contributed by atoms with van der Waals surface area (Å²) < 4.78 is 27.1. The lowest BCUT2D eigenvalue weighted by Crippen LogP contribution is -1.99. The van der Waals surface area contributed by atoms with Crippen molar-refractivity contribution in [1.82, 2.24) is 0 Å². The second-order valence-electron chi connectivity index (χ2n) is 5.23. The average Bonchev–Trinajstić information content (AvgIpc) is 2.37. The molecule has 0 bridgehead atoms. The van der Waals surface area contributed by atoms with Crippen LogP contribution in [0.4, 0.5) is 0 Å². The van der Waals surface area contributed by atoms with E-state index in [4.69, 9.17) is 15.4 Å². The monoisotopic (exact) mass is 318 g/mol. The Kier molecular flexibility index (Phi) is 7.38. The van der Waals surface area contributed by atoms with E-state index in [-0.39, 0.29) is 5.75 Å². The molecule has 20 heavy (non-hydrogen) atoms. The Morgan fingerprint density at radius 2 is 1.65 bits per heavy atom. The first-order chi connectivity index (χ1) is 9.38. The van der Waals surface area contributed by atoms with Gasteiger partial charge in [0, 0.05) is 10.7 Å². The van der Waals surface area contributed by atoms with E-state index in [0.717, 1.165) is 25.0 Å². The van der Waals surface area contributed by atoms with Crippen LogP contribution in [0.25, 0.3) is 0 Å². The zero-order valence-corrected chi connectivity index (χ0v) is 13.7. The highest BCUT2D eigenvalue weighted by atomic mass is 35.7. The normalized spacial score (nSPS) is 11.8. The molecule has 1 aromatic carbocycles. The van der Waals surface area contributed by atoms with E-state index in [9.17, 15) is 8.42 Å². The van der Waals surface area contributed by atoms with E-state index in [1.54, 1.807) is 0 Å². The molecule has 1 aromatic rings. The third kappa shape index (κ3) is 7.75. The molecule has 3 nitrogen and oxygen atoms in total. The van der Waals surface area contributed by atoms with E-state index in [2.05, 4.69) is 26.0 Å². The number of hydrogen-bond acceptors (Lipinski definition) is 3. The third-order valence-electron chi connectivity index (χ3n) is 3.10. The number of halogens is 1. The van der Waals surface area contributed by atoms with Gasteiger partial charge in [0.25, 0.3) is 0 Å². The summed E-state index contributed by atoms with van der Waals surface area (Å²) in [6.45, 7) is 4.99. The Hall–Kier alpha value is -0.740. The van der Waals surface area contributed by atoms with Gasteiger partial charge in [-0.2, -0.15) is 0 Å². The van der Waals surface area contributed by atoms with E-state index in [1.807, 2.05) is 12.1 Å². The van der Waals surface area contributed by atoms with Gasteiger partial charge in [0.2, 0.25) is 9.05 Å². The Morgan fingerprint density at radius 1 is 1.05 bits per heavy atom. The van der Waals surface area contributed by atoms with Crippen molar-refractivity contribution in [3.8, 4) is 5.75 Å². The third-order valence-corrected chi connectivity index (χ3v) is 4.34. The molecule has 0 fully saturated rings. The van der Waals surface area contributed by atoms with Crippen LogP contribution in [0.15, 0.2) is 24.3 Å². The summed E-state index contributed by atoms with van der Waals surface area (Å²) in [6, 6.07) is 8.17. The number of hydrogen-bond donors (Lipinski definition) is 0. The van der Waals surface area contributed by atoms with Crippen LogP contribution in [0, 0.1) is 0 Å². The quantitative estimate of drug-likeness (QED) is 0.503. The van der Waals surface area contributed by atoms with Crippen molar-refractivity contribution in [2.75, 3.05) is 12.4 Å². The second-order valence-corrected chi connectivity index (χ2v) is 8.13. The van der Waals surface area contributed by atoms with Gasteiger partial charge < -0.3 is 4.74 Å². The van der Waals surface area contributed by atoms with Gasteiger partial charge >= 0.3 is 0 Å². The zero-order valence-electron chi connectivity index (χ0n) is 12.1. The molecule has 5 heteroatoms. The maximum Gasteiger partial charge on any atom is 0.232 e. The fourth-order valence-corrected chi connectivity index (χ4v) is 2.75. The van der Waals surface area contributed by atoms with Gasteiger partial charge in [0.15, 0.2) is 0 Å². The number of rotatable bonds is 9. The fourth-order valence-electron chi connectivity index (χ4n) is 1.87. The zero-order chi connectivity index (χ0) is 15.0. The van der Waals surface area contributed by atoms with Gasteiger partial charge in [-0.3, -0.25) is 0 Å². The highest BCUT2D eigenvalue weighted by Crippen LogP contribution is 2.18. The summed E-state index contributed by atoms with van der Waals surface area (Å²) in [6.07, 6.45) is 3.36. The van der Waals surface area contributed by atoms with Crippen LogP contribution in [0.5, 0.6) is 5.75 Å².